The van der Waals surface area contributed by atoms with Crippen LogP contribution in [-0.2, 0) is 6.54 Å². The first-order valence-electron chi connectivity index (χ1n) is 7.70. The van der Waals surface area contributed by atoms with Crippen LogP contribution in [0.15, 0.2) is 22.5 Å². The van der Waals surface area contributed by atoms with Gasteiger partial charge in [0.25, 0.3) is 0 Å². The van der Waals surface area contributed by atoms with Crippen LogP contribution in [0, 0.1) is 5.92 Å². The second kappa shape index (κ2) is 9.72. The number of likely N-dealkylation sites (tertiary alicyclic amines) is 1. The molecule has 0 unspecified atom stereocenters. The van der Waals surface area contributed by atoms with E-state index >= 15 is 0 Å². The summed E-state index contributed by atoms with van der Waals surface area (Å²) in [5, 5.41) is 2.17. The second-order valence-corrected chi connectivity index (χ2v) is 7.26. The Hall–Kier alpha value is -0.340. The van der Waals surface area contributed by atoms with Crippen molar-refractivity contribution in [2.24, 2.45) is 10.9 Å². The van der Waals surface area contributed by atoms with E-state index < -0.39 is 0 Å². The highest BCUT2D eigenvalue weighted by Crippen LogP contribution is 2.21. The molecule has 0 N–H and O–H groups in total. The Bertz CT molecular complexity index is 427. The smallest absolute Gasteiger partial charge is 0.195 e. The van der Waals surface area contributed by atoms with Gasteiger partial charge in [0.2, 0.25) is 0 Å². The Balaban J connectivity index is 0.00000242. The van der Waals surface area contributed by atoms with E-state index in [1.54, 1.807) is 0 Å². The molecule has 1 aliphatic rings. The van der Waals surface area contributed by atoms with Gasteiger partial charge in [-0.25, -0.2) is 0 Å². The Morgan fingerprint density at radius 1 is 1.23 bits per heavy atom. The summed E-state index contributed by atoms with van der Waals surface area (Å²) in [6, 6.07) is 4.38. The summed E-state index contributed by atoms with van der Waals surface area (Å²) in [7, 11) is 8.23. The normalized spacial score (nSPS) is 16.0. The lowest BCUT2D eigenvalue weighted by molar-refractivity contribution is 0.181. The molecule has 1 aromatic rings. The Labute approximate surface area is 156 Å². The summed E-state index contributed by atoms with van der Waals surface area (Å²) in [5.74, 6) is 1.80. The lowest BCUT2D eigenvalue weighted by atomic mass is 9.97. The maximum Gasteiger partial charge on any atom is 0.195 e. The molecule has 2 rings (SSSR count). The molecule has 1 aliphatic heterocycles. The molecule has 0 radical (unpaired) electrons. The molecule has 1 fully saturated rings. The topological polar surface area (TPSA) is 22.1 Å². The van der Waals surface area contributed by atoms with Crippen molar-refractivity contribution in [2.45, 2.75) is 19.4 Å². The summed E-state index contributed by atoms with van der Waals surface area (Å²) in [4.78, 5) is 13.0. The van der Waals surface area contributed by atoms with Crippen LogP contribution in [0.2, 0.25) is 0 Å². The quantitative estimate of drug-likeness (QED) is 0.412. The van der Waals surface area contributed by atoms with E-state index in [1.165, 1.54) is 30.8 Å². The second-order valence-electron chi connectivity index (χ2n) is 6.23. The van der Waals surface area contributed by atoms with Crippen molar-refractivity contribution in [2.75, 3.05) is 47.8 Å². The fourth-order valence-electron chi connectivity index (χ4n) is 2.84. The van der Waals surface area contributed by atoms with E-state index in [-0.39, 0.29) is 24.0 Å². The van der Waals surface area contributed by atoms with E-state index in [4.69, 9.17) is 4.99 Å². The molecule has 0 aromatic carbocycles. The first-order chi connectivity index (χ1) is 10.1. The summed E-state index contributed by atoms with van der Waals surface area (Å²) < 4.78 is 0. The molecule has 2 heterocycles. The molecular formula is C16H29IN4S. The minimum Gasteiger partial charge on any atom is -0.349 e. The van der Waals surface area contributed by atoms with Gasteiger partial charge in [-0.1, -0.05) is 6.07 Å². The summed E-state index contributed by atoms with van der Waals surface area (Å²) in [6.07, 6.45) is 2.53. The highest BCUT2D eigenvalue weighted by atomic mass is 127. The minimum atomic E-state index is 0. The van der Waals surface area contributed by atoms with Gasteiger partial charge in [0.1, 0.15) is 0 Å². The van der Waals surface area contributed by atoms with Crippen LogP contribution in [0.4, 0.5) is 0 Å². The van der Waals surface area contributed by atoms with Crippen molar-refractivity contribution in [1.82, 2.24) is 14.7 Å². The molecule has 0 spiro atoms. The first kappa shape index (κ1) is 19.7. The number of hydrogen-bond donors (Lipinski definition) is 0. The molecule has 126 valence electrons. The zero-order valence-corrected chi connectivity index (χ0v) is 17.3. The number of hydrogen-bond acceptors (Lipinski definition) is 3. The summed E-state index contributed by atoms with van der Waals surface area (Å²) >= 11 is 1.86. The predicted octanol–water partition coefficient (Wildman–Crippen LogP) is 3.06. The molecule has 0 bridgehead atoms. The van der Waals surface area contributed by atoms with Gasteiger partial charge in [0.05, 0.1) is 0 Å². The van der Waals surface area contributed by atoms with Crippen molar-refractivity contribution in [3.63, 3.8) is 0 Å². The van der Waals surface area contributed by atoms with Gasteiger partial charge >= 0.3 is 0 Å². The monoisotopic (exact) mass is 436 g/mol. The van der Waals surface area contributed by atoms with E-state index in [1.807, 2.05) is 11.3 Å². The van der Waals surface area contributed by atoms with Crippen molar-refractivity contribution < 1.29 is 0 Å². The number of halogens is 1. The molecule has 22 heavy (non-hydrogen) atoms. The van der Waals surface area contributed by atoms with E-state index in [0.29, 0.717) is 0 Å². The van der Waals surface area contributed by atoms with Gasteiger partial charge < -0.3 is 9.80 Å². The summed E-state index contributed by atoms with van der Waals surface area (Å²) in [6.45, 7) is 4.49. The average molecular weight is 436 g/mol. The lowest BCUT2D eigenvalue weighted by Gasteiger charge is -2.31. The highest BCUT2D eigenvalue weighted by Gasteiger charge is 2.19. The zero-order valence-electron chi connectivity index (χ0n) is 14.2. The van der Waals surface area contributed by atoms with Crippen LogP contribution in [0.1, 0.15) is 17.7 Å². The van der Waals surface area contributed by atoms with Crippen LogP contribution < -0.4 is 0 Å². The fourth-order valence-corrected chi connectivity index (χ4v) is 3.59. The number of nitrogens with zero attached hydrogens (tertiary/aromatic N) is 4. The largest absolute Gasteiger partial charge is 0.349 e. The highest BCUT2D eigenvalue weighted by molar-refractivity contribution is 14.0. The summed E-state index contributed by atoms with van der Waals surface area (Å²) in [5.41, 5.74) is 0. The number of piperidine rings is 1. The number of rotatable bonds is 4. The Morgan fingerprint density at radius 3 is 2.36 bits per heavy atom. The van der Waals surface area contributed by atoms with Gasteiger partial charge in [-0.3, -0.25) is 9.89 Å². The van der Waals surface area contributed by atoms with E-state index in [9.17, 15) is 0 Å². The Kier molecular flexibility index (Phi) is 8.71. The first-order valence-corrected chi connectivity index (χ1v) is 8.58. The van der Waals surface area contributed by atoms with Crippen molar-refractivity contribution in [3.8, 4) is 0 Å². The molecule has 0 aliphatic carbocycles. The van der Waals surface area contributed by atoms with Crippen molar-refractivity contribution >= 4 is 41.3 Å². The van der Waals surface area contributed by atoms with Gasteiger partial charge in [-0.05, 0) is 43.3 Å². The molecule has 0 saturated carbocycles. The SMILES string of the molecule is CN(C)C(=NCC1CCN(Cc2cccs2)CC1)N(C)C.I. The maximum absolute atomic E-state index is 4.80. The van der Waals surface area contributed by atoms with E-state index in [2.05, 4.69) is 60.4 Å². The van der Waals surface area contributed by atoms with E-state index in [0.717, 1.165) is 25.0 Å². The average Bonchev–Trinajstić information content (AvgIpc) is 2.93. The third kappa shape index (κ3) is 6.04. The number of thiophene rings is 1. The Morgan fingerprint density at radius 2 is 1.86 bits per heavy atom. The minimum absolute atomic E-state index is 0. The van der Waals surface area contributed by atoms with Crippen LogP contribution in [-0.4, -0.2) is 68.5 Å². The zero-order chi connectivity index (χ0) is 15.2. The van der Waals surface area contributed by atoms with Crippen LogP contribution in [0.5, 0.6) is 0 Å². The molecule has 0 amide bonds. The standard InChI is InChI=1S/C16H28N4S.HI/c1-18(2)16(19(3)4)17-12-14-7-9-20(10-8-14)13-15-6-5-11-21-15;/h5-6,11,14H,7-10,12-13H2,1-4H3;1H. The molecule has 1 saturated heterocycles. The van der Waals surface area contributed by atoms with Crippen molar-refractivity contribution in [3.05, 3.63) is 22.4 Å². The molecule has 4 nitrogen and oxygen atoms in total. The van der Waals surface area contributed by atoms with Gasteiger partial charge in [0.15, 0.2) is 5.96 Å². The van der Waals surface area contributed by atoms with Crippen LogP contribution in [0.3, 0.4) is 0 Å². The van der Waals surface area contributed by atoms with Crippen LogP contribution in [0.25, 0.3) is 0 Å². The molecule has 1 aromatic heterocycles. The third-order valence-electron chi connectivity index (χ3n) is 3.96. The maximum atomic E-state index is 4.80. The number of aliphatic imine (C=N–C) groups is 1. The third-order valence-corrected chi connectivity index (χ3v) is 4.82. The van der Waals surface area contributed by atoms with Crippen LogP contribution >= 0.6 is 35.3 Å². The molecule has 6 heteroatoms. The molecule has 0 atom stereocenters. The lowest BCUT2D eigenvalue weighted by Crippen LogP contribution is -2.37. The van der Waals surface area contributed by atoms with Crippen molar-refractivity contribution in [1.29, 1.82) is 0 Å². The van der Waals surface area contributed by atoms with Gasteiger partial charge in [-0.2, -0.15) is 0 Å². The van der Waals surface area contributed by atoms with Gasteiger partial charge in [0, 0.05) is 46.2 Å². The van der Waals surface area contributed by atoms with Gasteiger partial charge in [-0.15, -0.1) is 35.3 Å². The molecular weight excluding hydrogens is 407 g/mol. The fraction of sp³-hybridized carbons (Fsp3) is 0.688. The number of guanidine groups is 1. The predicted molar refractivity (Wildman–Crippen MR) is 107 cm³/mol.